The molecule has 0 unspecified atom stereocenters. The zero-order valence-corrected chi connectivity index (χ0v) is 13.3. The van der Waals surface area contributed by atoms with E-state index in [1.807, 2.05) is 6.07 Å². The predicted molar refractivity (Wildman–Crippen MR) is 90.6 cm³/mol. The van der Waals surface area contributed by atoms with Crippen LogP contribution in [0.2, 0.25) is 0 Å². The van der Waals surface area contributed by atoms with Gasteiger partial charge in [0, 0.05) is 12.2 Å². The predicted octanol–water partition coefficient (Wildman–Crippen LogP) is 4.10. The van der Waals surface area contributed by atoms with E-state index in [0.29, 0.717) is 23.4 Å². The molecule has 4 heteroatoms. The number of aromatic nitrogens is 1. The van der Waals surface area contributed by atoms with Gasteiger partial charge in [-0.25, -0.2) is 4.98 Å². The molecular weight excluding hydrogens is 286 g/mol. The van der Waals surface area contributed by atoms with Crippen LogP contribution in [0.5, 0.6) is 5.88 Å². The van der Waals surface area contributed by atoms with Gasteiger partial charge in [-0.3, -0.25) is 0 Å². The minimum Gasteiger partial charge on any atom is -0.480 e. The molecule has 1 aliphatic rings. The third-order valence-electron chi connectivity index (χ3n) is 4.58. The van der Waals surface area contributed by atoms with Gasteiger partial charge < -0.3 is 10.1 Å². The number of methoxy groups -OCH3 is 1. The van der Waals surface area contributed by atoms with Crippen molar-refractivity contribution in [3.05, 3.63) is 53.7 Å². The fourth-order valence-electron chi connectivity index (χ4n) is 3.34. The van der Waals surface area contributed by atoms with Crippen molar-refractivity contribution in [2.45, 2.75) is 37.6 Å². The normalized spacial score (nSPS) is 20.5. The lowest BCUT2D eigenvalue weighted by Gasteiger charge is -2.30. The number of nitrogens with zero attached hydrogens (tertiary/aromatic N) is 2. The molecule has 0 atom stereocenters. The zero-order valence-electron chi connectivity index (χ0n) is 13.3. The highest BCUT2D eigenvalue weighted by molar-refractivity contribution is 5.61. The van der Waals surface area contributed by atoms with Crippen LogP contribution in [0.15, 0.2) is 42.6 Å². The standard InChI is InChI=1S/C19H21N3O/c1-23-19-17(13-20)18(11-12-21-19)22-16-9-7-15(8-10-16)14-5-3-2-4-6-14/h2-6,11-12,15-16H,7-10H2,1H3,(H,21,22). The van der Waals surface area contributed by atoms with Gasteiger partial charge in [0.1, 0.15) is 11.6 Å². The van der Waals surface area contributed by atoms with Crippen LogP contribution >= 0.6 is 0 Å². The Morgan fingerprint density at radius 2 is 1.87 bits per heavy atom. The monoisotopic (exact) mass is 307 g/mol. The first kappa shape index (κ1) is 15.4. The average Bonchev–Trinajstić information content (AvgIpc) is 2.63. The summed E-state index contributed by atoms with van der Waals surface area (Å²) in [5.41, 5.74) is 2.75. The van der Waals surface area contributed by atoms with Crippen molar-refractivity contribution >= 4 is 5.69 Å². The minimum atomic E-state index is 0.385. The molecule has 1 fully saturated rings. The summed E-state index contributed by atoms with van der Waals surface area (Å²) in [5.74, 6) is 1.03. The maximum absolute atomic E-state index is 9.34. The number of anilines is 1. The second kappa shape index (κ2) is 7.15. The minimum absolute atomic E-state index is 0.385. The van der Waals surface area contributed by atoms with Gasteiger partial charge in [0.05, 0.1) is 12.8 Å². The van der Waals surface area contributed by atoms with Crippen molar-refractivity contribution in [3.63, 3.8) is 0 Å². The second-order valence-electron chi connectivity index (χ2n) is 5.96. The molecule has 0 spiro atoms. The van der Waals surface area contributed by atoms with E-state index < -0.39 is 0 Å². The summed E-state index contributed by atoms with van der Waals surface area (Å²) in [7, 11) is 1.54. The summed E-state index contributed by atoms with van der Waals surface area (Å²) in [6, 6.07) is 15.2. The quantitative estimate of drug-likeness (QED) is 0.924. The fourth-order valence-corrected chi connectivity index (χ4v) is 3.34. The van der Waals surface area contributed by atoms with Gasteiger partial charge in [0.25, 0.3) is 0 Å². The van der Waals surface area contributed by atoms with E-state index in [2.05, 4.69) is 46.7 Å². The van der Waals surface area contributed by atoms with E-state index in [1.165, 1.54) is 25.5 Å². The number of ether oxygens (including phenoxy) is 1. The number of pyridine rings is 1. The second-order valence-corrected chi connectivity index (χ2v) is 5.96. The molecule has 0 saturated heterocycles. The van der Waals surface area contributed by atoms with Crippen molar-refractivity contribution in [2.75, 3.05) is 12.4 Å². The molecule has 23 heavy (non-hydrogen) atoms. The Labute approximate surface area is 137 Å². The van der Waals surface area contributed by atoms with E-state index in [0.717, 1.165) is 18.5 Å². The Hall–Kier alpha value is -2.54. The lowest BCUT2D eigenvalue weighted by Crippen LogP contribution is -2.25. The van der Waals surface area contributed by atoms with Crippen molar-refractivity contribution in [3.8, 4) is 11.9 Å². The van der Waals surface area contributed by atoms with Gasteiger partial charge in [-0.2, -0.15) is 5.26 Å². The fraction of sp³-hybridized carbons (Fsp3) is 0.368. The summed E-state index contributed by atoms with van der Waals surface area (Å²) in [6.07, 6.45) is 6.24. The van der Waals surface area contributed by atoms with E-state index in [1.54, 1.807) is 6.20 Å². The van der Waals surface area contributed by atoms with Gasteiger partial charge >= 0.3 is 0 Å². The van der Waals surface area contributed by atoms with Crippen LogP contribution in [0.3, 0.4) is 0 Å². The molecule has 0 aliphatic heterocycles. The molecule has 1 saturated carbocycles. The first-order valence-corrected chi connectivity index (χ1v) is 8.06. The largest absolute Gasteiger partial charge is 0.480 e. The zero-order chi connectivity index (χ0) is 16.1. The first-order chi connectivity index (χ1) is 11.3. The SMILES string of the molecule is COc1nccc(NC2CCC(c3ccccc3)CC2)c1C#N. The molecule has 1 N–H and O–H groups in total. The van der Waals surface area contributed by atoms with E-state index >= 15 is 0 Å². The third kappa shape index (κ3) is 3.45. The van der Waals surface area contributed by atoms with Crippen LogP contribution in [-0.2, 0) is 0 Å². The highest BCUT2D eigenvalue weighted by atomic mass is 16.5. The van der Waals surface area contributed by atoms with Crippen molar-refractivity contribution in [1.82, 2.24) is 4.98 Å². The number of benzene rings is 1. The average molecular weight is 307 g/mol. The molecule has 1 aromatic carbocycles. The molecule has 0 bridgehead atoms. The molecule has 1 aromatic heterocycles. The molecule has 4 nitrogen and oxygen atoms in total. The smallest absolute Gasteiger partial charge is 0.233 e. The van der Waals surface area contributed by atoms with Gasteiger partial charge in [-0.1, -0.05) is 30.3 Å². The molecule has 0 radical (unpaired) electrons. The van der Waals surface area contributed by atoms with Gasteiger partial charge in [0.2, 0.25) is 5.88 Å². The summed E-state index contributed by atoms with van der Waals surface area (Å²) in [5, 5.41) is 12.8. The molecule has 118 valence electrons. The van der Waals surface area contributed by atoms with Crippen molar-refractivity contribution < 1.29 is 4.74 Å². The molecule has 3 rings (SSSR count). The Kier molecular flexibility index (Phi) is 4.77. The summed E-state index contributed by atoms with van der Waals surface area (Å²) >= 11 is 0. The summed E-state index contributed by atoms with van der Waals surface area (Å²) < 4.78 is 5.17. The van der Waals surface area contributed by atoms with Gasteiger partial charge in [-0.05, 0) is 43.2 Å². The van der Waals surface area contributed by atoms with Crippen molar-refractivity contribution in [2.24, 2.45) is 0 Å². The third-order valence-corrected chi connectivity index (χ3v) is 4.58. The van der Waals surface area contributed by atoms with Gasteiger partial charge in [-0.15, -0.1) is 0 Å². The topological polar surface area (TPSA) is 57.9 Å². The molecule has 1 heterocycles. The maximum Gasteiger partial charge on any atom is 0.233 e. The Bertz CT molecular complexity index is 686. The molecular formula is C19H21N3O. The van der Waals surface area contributed by atoms with E-state index in [9.17, 15) is 5.26 Å². The highest BCUT2D eigenvalue weighted by Gasteiger charge is 2.23. The number of nitrogens with one attached hydrogen (secondary N) is 1. The lowest BCUT2D eigenvalue weighted by atomic mass is 9.81. The number of rotatable bonds is 4. The highest BCUT2D eigenvalue weighted by Crippen LogP contribution is 2.34. The van der Waals surface area contributed by atoms with Crippen LogP contribution in [0.1, 0.15) is 42.7 Å². The summed E-state index contributed by atoms with van der Waals surface area (Å²) in [4.78, 5) is 4.09. The van der Waals surface area contributed by atoms with Crippen LogP contribution in [0.25, 0.3) is 0 Å². The van der Waals surface area contributed by atoms with Crippen LogP contribution < -0.4 is 10.1 Å². The summed E-state index contributed by atoms with van der Waals surface area (Å²) in [6.45, 7) is 0. The number of nitriles is 1. The first-order valence-electron chi connectivity index (χ1n) is 8.06. The maximum atomic E-state index is 9.34. The van der Waals surface area contributed by atoms with Crippen molar-refractivity contribution in [1.29, 1.82) is 5.26 Å². The van der Waals surface area contributed by atoms with E-state index in [4.69, 9.17) is 4.74 Å². The van der Waals surface area contributed by atoms with Gasteiger partial charge in [0.15, 0.2) is 0 Å². The Morgan fingerprint density at radius 1 is 1.13 bits per heavy atom. The Morgan fingerprint density at radius 3 is 2.52 bits per heavy atom. The van der Waals surface area contributed by atoms with E-state index in [-0.39, 0.29) is 0 Å². The number of hydrogen-bond donors (Lipinski definition) is 1. The van der Waals surface area contributed by atoms with Crippen LogP contribution in [0, 0.1) is 11.3 Å². The number of hydrogen-bond acceptors (Lipinski definition) is 4. The van der Waals surface area contributed by atoms with Crippen LogP contribution in [0.4, 0.5) is 5.69 Å². The Balaban J connectivity index is 1.65. The lowest BCUT2D eigenvalue weighted by molar-refractivity contribution is 0.395. The molecule has 0 amide bonds. The van der Waals surface area contributed by atoms with Crippen LogP contribution in [-0.4, -0.2) is 18.1 Å². The molecule has 1 aliphatic carbocycles. The molecule has 2 aromatic rings.